The largest absolute Gasteiger partial charge is 0.465 e. The van der Waals surface area contributed by atoms with Crippen LogP contribution in [0.4, 0.5) is 0 Å². The lowest BCUT2D eigenvalue weighted by Crippen LogP contribution is -2.60. The summed E-state index contributed by atoms with van der Waals surface area (Å²) in [5, 5.41) is 10.5. The van der Waals surface area contributed by atoms with Crippen LogP contribution in [0.2, 0.25) is 0 Å². The van der Waals surface area contributed by atoms with Gasteiger partial charge in [-0.3, -0.25) is 14.4 Å². The highest BCUT2D eigenvalue weighted by Gasteiger charge is 2.80. The number of nitrogens with zero attached hydrogens (tertiary/aromatic N) is 2. The van der Waals surface area contributed by atoms with E-state index in [2.05, 4.69) is 13.2 Å². The molecule has 1 aliphatic carbocycles. The molecule has 1 saturated carbocycles. The second kappa shape index (κ2) is 12.4. The van der Waals surface area contributed by atoms with Gasteiger partial charge in [0.2, 0.25) is 11.8 Å². The second-order valence-electron chi connectivity index (χ2n) is 13.1. The summed E-state index contributed by atoms with van der Waals surface area (Å²) in [7, 11) is 0. The van der Waals surface area contributed by atoms with Gasteiger partial charge in [0.05, 0.1) is 30.8 Å². The van der Waals surface area contributed by atoms with E-state index in [4.69, 9.17) is 9.47 Å². The van der Waals surface area contributed by atoms with E-state index in [-0.39, 0.29) is 42.9 Å². The first-order chi connectivity index (χ1) is 19.1. The topological polar surface area (TPSA) is 96.4 Å². The van der Waals surface area contributed by atoms with Crippen molar-refractivity contribution >= 4 is 17.8 Å². The van der Waals surface area contributed by atoms with Crippen molar-refractivity contribution in [2.45, 2.75) is 115 Å². The van der Waals surface area contributed by atoms with Crippen molar-refractivity contribution < 1.29 is 29.0 Å². The Hall–Kier alpha value is -2.19. The number of likely N-dealkylation sites (tertiary alicyclic amines) is 1. The highest BCUT2D eigenvalue weighted by atomic mass is 16.6. The average molecular weight is 559 g/mol. The minimum Gasteiger partial charge on any atom is -0.465 e. The predicted molar refractivity (Wildman–Crippen MR) is 153 cm³/mol. The Morgan fingerprint density at radius 1 is 1.23 bits per heavy atom. The van der Waals surface area contributed by atoms with Crippen LogP contribution in [0.3, 0.4) is 0 Å². The predicted octanol–water partition coefficient (Wildman–Crippen LogP) is 4.26. The molecule has 3 aliphatic heterocycles. The standard InChI is InChI=1S/C32H50N2O6/c1-7-9-13-17-39-30(38)26-25-28(36)34(24(20-35)18-21(3)4)27(32(25)19-22(5)31(26,6)40-32)29(37)33(16-8-2)23-14-11-10-12-15-23/h7-8,21-27,35H,1-2,9-20H2,3-6H3/t22?,24-,25+,26+,27?,31-,32?/m1/s1. The molecule has 0 aromatic heterocycles. The number of amides is 2. The van der Waals surface area contributed by atoms with E-state index in [9.17, 15) is 19.5 Å². The number of aliphatic hydroxyl groups is 1. The molecule has 4 rings (SSSR count). The van der Waals surface area contributed by atoms with Crippen molar-refractivity contribution in [3.05, 3.63) is 25.3 Å². The summed E-state index contributed by atoms with van der Waals surface area (Å²) < 4.78 is 12.6. The number of aliphatic hydroxyl groups excluding tert-OH is 1. The maximum atomic E-state index is 14.8. The molecule has 3 heterocycles. The Bertz CT molecular complexity index is 976. The number of rotatable bonds is 13. The van der Waals surface area contributed by atoms with Crippen molar-refractivity contribution in [2.75, 3.05) is 19.8 Å². The number of ether oxygens (including phenoxy) is 2. The summed E-state index contributed by atoms with van der Waals surface area (Å²) in [4.78, 5) is 46.4. The van der Waals surface area contributed by atoms with Gasteiger partial charge in [-0.05, 0) is 57.3 Å². The quantitative estimate of drug-likeness (QED) is 0.206. The van der Waals surface area contributed by atoms with E-state index >= 15 is 0 Å². The summed E-state index contributed by atoms with van der Waals surface area (Å²) >= 11 is 0. The van der Waals surface area contributed by atoms with Crippen LogP contribution < -0.4 is 0 Å². The molecule has 7 atom stereocenters. The molecule has 2 bridgehead atoms. The first kappa shape index (κ1) is 30.8. The number of esters is 1. The van der Waals surface area contributed by atoms with Gasteiger partial charge in [0.15, 0.2) is 0 Å². The molecule has 1 spiro atoms. The zero-order valence-corrected chi connectivity index (χ0v) is 25.0. The highest BCUT2D eigenvalue weighted by molar-refractivity contribution is 5.99. The fourth-order valence-corrected chi connectivity index (χ4v) is 8.13. The molecule has 8 nitrogen and oxygen atoms in total. The zero-order chi connectivity index (χ0) is 29.2. The third-order valence-electron chi connectivity index (χ3n) is 10.0. The summed E-state index contributed by atoms with van der Waals surface area (Å²) in [6.07, 6.45) is 11.1. The molecule has 3 saturated heterocycles. The zero-order valence-electron chi connectivity index (χ0n) is 25.0. The Kier molecular flexibility index (Phi) is 9.50. The van der Waals surface area contributed by atoms with E-state index in [1.165, 1.54) is 0 Å². The molecule has 3 unspecified atom stereocenters. The Morgan fingerprint density at radius 3 is 2.52 bits per heavy atom. The lowest BCUT2D eigenvalue weighted by atomic mass is 9.62. The third kappa shape index (κ3) is 5.15. The fraction of sp³-hybridized carbons (Fsp3) is 0.781. The molecule has 224 valence electrons. The van der Waals surface area contributed by atoms with Crippen LogP contribution in [-0.4, -0.2) is 81.8 Å². The monoisotopic (exact) mass is 558 g/mol. The molecular formula is C32H50N2O6. The number of fused-ring (bicyclic) bond motifs is 1. The summed E-state index contributed by atoms with van der Waals surface area (Å²) in [5.74, 6) is -2.36. The van der Waals surface area contributed by atoms with Gasteiger partial charge in [-0.1, -0.05) is 52.2 Å². The molecule has 4 aliphatic rings. The van der Waals surface area contributed by atoms with Crippen LogP contribution >= 0.6 is 0 Å². The van der Waals surface area contributed by atoms with E-state index in [0.717, 1.165) is 38.5 Å². The first-order valence-electron chi connectivity index (χ1n) is 15.4. The van der Waals surface area contributed by atoms with Crippen LogP contribution in [0.1, 0.15) is 85.5 Å². The maximum Gasteiger partial charge on any atom is 0.312 e. The SMILES string of the molecule is C=CCCCOC(=O)[C@@H]1[C@H]2C(=O)N([C@@H](CO)CC(C)C)C(C(=O)N(CC=C)C3CCCCC3)C23CC(C)[C@@]1(C)O3. The molecular weight excluding hydrogens is 508 g/mol. The number of hydrogen-bond acceptors (Lipinski definition) is 6. The van der Waals surface area contributed by atoms with Gasteiger partial charge in [0, 0.05) is 12.6 Å². The summed E-state index contributed by atoms with van der Waals surface area (Å²) in [6.45, 7) is 16.1. The second-order valence-corrected chi connectivity index (χ2v) is 13.1. The minimum atomic E-state index is -1.15. The first-order valence-corrected chi connectivity index (χ1v) is 15.4. The van der Waals surface area contributed by atoms with Crippen molar-refractivity contribution in [1.29, 1.82) is 0 Å². The smallest absolute Gasteiger partial charge is 0.312 e. The normalized spacial score (nSPS) is 34.1. The van der Waals surface area contributed by atoms with Gasteiger partial charge in [-0.2, -0.15) is 0 Å². The summed E-state index contributed by atoms with van der Waals surface area (Å²) in [6, 6.07) is -1.39. The number of hydrogen-bond donors (Lipinski definition) is 1. The molecule has 8 heteroatoms. The van der Waals surface area contributed by atoms with Gasteiger partial charge in [-0.25, -0.2) is 0 Å². The van der Waals surface area contributed by atoms with Crippen LogP contribution in [0.25, 0.3) is 0 Å². The third-order valence-corrected chi connectivity index (χ3v) is 10.0. The Balaban J connectivity index is 1.78. The van der Waals surface area contributed by atoms with Gasteiger partial charge >= 0.3 is 5.97 Å². The lowest BCUT2D eigenvalue weighted by Gasteiger charge is -2.42. The van der Waals surface area contributed by atoms with Crippen LogP contribution in [0.15, 0.2) is 25.3 Å². The molecule has 4 fully saturated rings. The van der Waals surface area contributed by atoms with Crippen LogP contribution in [-0.2, 0) is 23.9 Å². The van der Waals surface area contributed by atoms with Gasteiger partial charge in [-0.15, -0.1) is 13.2 Å². The van der Waals surface area contributed by atoms with Gasteiger partial charge < -0.3 is 24.4 Å². The van der Waals surface area contributed by atoms with Crippen LogP contribution in [0, 0.1) is 23.7 Å². The van der Waals surface area contributed by atoms with Crippen LogP contribution in [0.5, 0.6) is 0 Å². The minimum absolute atomic E-state index is 0.0577. The number of carbonyl (C=O) groups excluding carboxylic acids is 3. The number of carbonyl (C=O) groups is 3. The molecule has 40 heavy (non-hydrogen) atoms. The number of allylic oxidation sites excluding steroid dienone is 1. The van der Waals surface area contributed by atoms with E-state index < -0.39 is 41.1 Å². The lowest BCUT2D eigenvalue weighted by molar-refractivity contribution is -0.164. The van der Waals surface area contributed by atoms with E-state index in [1.807, 2.05) is 32.6 Å². The maximum absolute atomic E-state index is 14.8. The Morgan fingerprint density at radius 2 is 1.93 bits per heavy atom. The average Bonchev–Trinajstić information content (AvgIpc) is 3.44. The van der Waals surface area contributed by atoms with E-state index in [1.54, 1.807) is 17.1 Å². The van der Waals surface area contributed by atoms with Crippen molar-refractivity contribution in [3.8, 4) is 0 Å². The van der Waals surface area contributed by atoms with Crippen molar-refractivity contribution in [1.82, 2.24) is 9.80 Å². The Labute approximate surface area is 240 Å². The highest BCUT2D eigenvalue weighted by Crippen LogP contribution is 2.66. The van der Waals surface area contributed by atoms with Gasteiger partial charge in [0.25, 0.3) is 0 Å². The van der Waals surface area contributed by atoms with Gasteiger partial charge in [0.1, 0.15) is 17.6 Å². The molecule has 0 radical (unpaired) electrons. The summed E-state index contributed by atoms with van der Waals surface area (Å²) in [5.41, 5.74) is -2.06. The molecule has 0 aromatic carbocycles. The number of unbranched alkanes of at least 4 members (excludes halogenated alkanes) is 1. The van der Waals surface area contributed by atoms with E-state index in [0.29, 0.717) is 25.8 Å². The van der Waals surface area contributed by atoms with Crippen molar-refractivity contribution in [3.63, 3.8) is 0 Å². The van der Waals surface area contributed by atoms with Crippen molar-refractivity contribution in [2.24, 2.45) is 23.7 Å². The fourth-order valence-electron chi connectivity index (χ4n) is 8.13. The molecule has 2 amide bonds. The molecule has 0 aromatic rings. The molecule has 1 N–H and O–H groups in total.